The Kier molecular flexibility index (Phi) is 4.78. The maximum Gasteiger partial charge on any atom is 0.334 e. The highest BCUT2D eigenvalue weighted by Crippen LogP contribution is 2.34. The smallest absolute Gasteiger partial charge is 0.334 e. The molecule has 1 aromatic carbocycles. The molecule has 3 nitrogen and oxygen atoms in total. The zero-order valence-corrected chi connectivity index (χ0v) is 10.1. The first kappa shape index (κ1) is 14.6. The largest absolute Gasteiger partial charge is 0.508 e. The molecule has 0 bridgehead atoms. The van der Waals surface area contributed by atoms with Gasteiger partial charge in [0, 0.05) is 6.42 Å². The quantitative estimate of drug-likeness (QED) is 0.824. The Labute approximate surface area is 104 Å². The van der Waals surface area contributed by atoms with Crippen LogP contribution in [0.4, 0.5) is 8.78 Å². The third-order valence-electron chi connectivity index (χ3n) is 2.68. The van der Waals surface area contributed by atoms with E-state index in [9.17, 15) is 18.7 Å². The molecule has 0 saturated carbocycles. The summed E-state index contributed by atoms with van der Waals surface area (Å²) in [6.07, 6.45) is -1.42. The standard InChI is InChI=1S/C13H16F2O3/c1-2-3-4-11(17)13(14,15)12(18)9-5-7-10(16)8-6-9/h5-8,12,16,18H,2-4H2,1H3. The topological polar surface area (TPSA) is 57.5 Å². The Hall–Kier alpha value is -1.49. The van der Waals surface area contributed by atoms with Crippen LogP contribution in [0, 0.1) is 0 Å². The lowest BCUT2D eigenvalue weighted by Gasteiger charge is -2.21. The van der Waals surface area contributed by atoms with Crippen LogP contribution in [0.1, 0.15) is 37.9 Å². The van der Waals surface area contributed by atoms with Crippen LogP contribution in [0.15, 0.2) is 24.3 Å². The summed E-state index contributed by atoms with van der Waals surface area (Å²) >= 11 is 0. The number of carbonyl (C=O) groups excluding carboxylic acids is 1. The predicted octanol–water partition coefficient (Wildman–Crippen LogP) is 2.82. The fourth-order valence-corrected chi connectivity index (χ4v) is 1.52. The van der Waals surface area contributed by atoms with Crippen molar-refractivity contribution >= 4 is 5.78 Å². The van der Waals surface area contributed by atoms with Crippen LogP contribution >= 0.6 is 0 Å². The van der Waals surface area contributed by atoms with Gasteiger partial charge in [0.1, 0.15) is 11.9 Å². The van der Waals surface area contributed by atoms with Gasteiger partial charge < -0.3 is 10.2 Å². The van der Waals surface area contributed by atoms with Gasteiger partial charge in [-0.15, -0.1) is 0 Å². The van der Waals surface area contributed by atoms with Crippen molar-refractivity contribution in [3.8, 4) is 5.75 Å². The number of aliphatic hydroxyl groups is 1. The molecule has 100 valence electrons. The number of alkyl halides is 2. The second kappa shape index (κ2) is 5.91. The Balaban J connectivity index is 2.83. The van der Waals surface area contributed by atoms with Crippen molar-refractivity contribution in [1.29, 1.82) is 0 Å². The van der Waals surface area contributed by atoms with Gasteiger partial charge in [-0.1, -0.05) is 25.5 Å². The molecule has 0 heterocycles. The molecule has 0 spiro atoms. The molecule has 18 heavy (non-hydrogen) atoms. The lowest BCUT2D eigenvalue weighted by Crippen LogP contribution is -2.35. The molecule has 1 unspecified atom stereocenters. The summed E-state index contributed by atoms with van der Waals surface area (Å²) < 4.78 is 27.3. The van der Waals surface area contributed by atoms with E-state index >= 15 is 0 Å². The number of phenolic OH excluding ortho intramolecular Hbond substituents is 1. The number of unbranched alkanes of at least 4 members (excludes halogenated alkanes) is 1. The summed E-state index contributed by atoms with van der Waals surface area (Å²) in [7, 11) is 0. The Bertz CT molecular complexity index is 401. The van der Waals surface area contributed by atoms with E-state index in [0.717, 1.165) is 0 Å². The summed E-state index contributed by atoms with van der Waals surface area (Å²) in [4.78, 5) is 11.3. The third-order valence-corrected chi connectivity index (χ3v) is 2.68. The molecule has 0 saturated heterocycles. The minimum absolute atomic E-state index is 0.0911. The fraction of sp³-hybridized carbons (Fsp3) is 0.462. The van der Waals surface area contributed by atoms with E-state index in [-0.39, 0.29) is 17.7 Å². The number of hydrogen-bond acceptors (Lipinski definition) is 3. The summed E-state index contributed by atoms with van der Waals surface area (Å²) in [6, 6.07) is 4.71. The molecule has 0 aromatic heterocycles. The molecular weight excluding hydrogens is 242 g/mol. The molecule has 2 N–H and O–H groups in total. The monoisotopic (exact) mass is 258 g/mol. The number of aliphatic hydroxyl groups excluding tert-OH is 1. The van der Waals surface area contributed by atoms with E-state index in [1.165, 1.54) is 24.3 Å². The molecule has 0 fully saturated rings. The van der Waals surface area contributed by atoms with Gasteiger partial charge in [-0.3, -0.25) is 4.79 Å². The predicted molar refractivity (Wildman–Crippen MR) is 62.5 cm³/mol. The zero-order chi connectivity index (χ0) is 13.8. The summed E-state index contributed by atoms with van der Waals surface area (Å²) in [5, 5.41) is 18.6. The molecule has 0 aliphatic carbocycles. The summed E-state index contributed by atoms with van der Waals surface area (Å²) in [6.45, 7) is 1.79. The van der Waals surface area contributed by atoms with Gasteiger partial charge >= 0.3 is 5.92 Å². The molecule has 1 aromatic rings. The number of Topliss-reactive ketones (excluding diaryl/α,β-unsaturated/α-hetero) is 1. The average molecular weight is 258 g/mol. The number of halogens is 2. The van der Waals surface area contributed by atoms with Crippen molar-refractivity contribution in [3.05, 3.63) is 29.8 Å². The summed E-state index contributed by atoms with van der Waals surface area (Å²) in [5.74, 6) is -5.15. The highest BCUT2D eigenvalue weighted by molar-refractivity contribution is 5.86. The number of aromatic hydroxyl groups is 1. The second-order valence-corrected chi connectivity index (χ2v) is 4.14. The molecule has 5 heteroatoms. The highest BCUT2D eigenvalue weighted by Gasteiger charge is 2.46. The maximum atomic E-state index is 13.7. The molecule has 1 atom stereocenters. The lowest BCUT2D eigenvalue weighted by molar-refractivity contribution is -0.161. The van der Waals surface area contributed by atoms with Crippen molar-refractivity contribution in [2.45, 2.75) is 38.2 Å². The Morgan fingerprint density at radius 2 is 1.89 bits per heavy atom. The van der Waals surface area contributed by atoms with Crippen LogP contribution in [0.2, 0.25) is 0 Å². The number of carbonyl (C=O) groups is 1. The average Bonchev–Trinajstić information content (AvgIpc) is 2.35. The Morgan fingerprint density at radius 3 is 2.39 bits per heavy atom. The van der Waals surface area contributed by atoms with Crippen molar-refractivity contribution in [2.24, 2.45) is 0 Å². The van der Waals surface area contributed by atoms with E-state index < -0.39 is 17.8 Å². The molecule has 0 aliphatic rings. The van der Waals surface area contributed by atoms with Gasteiger partial charge in [-0.05, 0) is 24.1 Å². The van der Waals surface area contributed by atoms with Gasteiger partial charge in [0.2, 0.25) is 5.78 Å². The lowest BCUT2D eigenvalue weighted by atomic mass is 9.97. The van der Waals surface area contributed by atoms with Gasteiger partial charge in [0.25, 0.3) is 0 Å². The van der Waals surface area contributed by atoms with Crippen LogP contribution < -0.4 is 0 Å². The molecule has 0 aliphatic heterocycles. The number of rotatable bonds is 6. The van der Waals surface area contributed by atoms with Crippen molar-refractivity contribution in [2.75, 3.05) is 0 Å². The van der Waals surface area contributed by atoms with Crippen LogP contribution in [0.5, 0.6) is 5.75 Å². The molecule has 0 radical (unpaired) electrons. The number of phenols is 1. The van der Waals surface area contributed by atoms with Gasteiger partial charge in [0.05, 0.1) is 0 Å². The van der Waals surface area contributed by atoms with Crippen LogP contribution in [0.25, 0.3) is 0 Å². The van der Waals surface area contributed by atoms with Crippen molar-refractivity contribution in [1.82, 2.24) is 0 Å². The number of ketones is 1. The highest BCUT2D eigenvalue weighted by atomic mass is 19.3. The van der Waals surface area contributed by atoms with Gasteiger partial charge in [-0.2, -0.15) is 8.78 Å². The minimum Gasteiger partial charge on any atom is -0.508 e. The SMILES string of the molecule is CCCCC(=O)C(F)(F)C(O)c1ccc(O)cc1. The number of hydrogen-bond donors (Lipinski definition) is 2. The zero-order valence-electron chi connectivity index (χ0n) is 10.1. The first-order valence-electron chi connectivity index (χ1n) is 5.77. The maximum absolute atomic E-state index is 13.7. The van der Waals surface area contributed by atoms with E-state index in [4.69, 9.17) is 5.11 Å². The van der Waals surface area contributed by atoms with Crippen molar-refractivity contribution < 1.29 is 23.8 Å². The normalized spacial score (nSPS) is 13.3. The number of benzene rings is 1. The van der Waals surface area contributed by atoms with E-state index in [2.05, 4.69) is 0 Å². The third kappa shape index (κ3) is 3.26. The van der Waals surface area contributed by atoms with Crippen LogP contribution in [-0.2, 0) is 4.79 Å². The first-order valence-corrected chi connectivity index (χ1v) is 5.77. The first-order chi connectivity index (χ1) is 8.39. The van der Waals surface area contributed by atoms with Crippen LogP contribution in [-0.4, -0.2) is 21.9 Å². The van der Waals surface area contributed by atoms with Crippen LogP contribution in [0.3, 0.4) is 0 Å². The molecular formula is C13H16F2O3. The second-order valence-electron chi connectivity index (χ2n) is 4.14. The molecule has 1 rings (SSSR count). The molecule has 0 amide bonds. The van der Waals surface area contributed by atoms with E-state index in [1.807, 2.05) is 0 Å². The minimum atomic E-state index is -3.80. The Morgan fingerprint density at radius 1 is 1.33 bits per heavy atom. The summed E-state index contributed by atoms with van der Waals surface area (Å²) in [5.41, 5.74) is -0.0948. The fourth-order valence-electron chi connectivity index (χ4n) is 1.52. The van der Waals surface area contributed by atoms with E-state index in [0.29, 0.717) is 12.8 Å². The van der Waals surface area contributed by atoms with Crippen molar-refractivity contribution in [3.63, 3.8) is 0 Å². The van der Waals surface area contributed by atoms with Gasteiger partial charge in [-0.25, -0.2) is 0 Å². The van der Waals surface area contributed by atoms with Gasteiger partial charge in [0.15, 0.2) is 0 Å². The van der Waals surface area contributed by atoms with E-state index in [1.54, 1.807) is 6.92 Å².